The molecule has 5 heterocycles. The smallest absolute Gasteiger partial charge is 0.252 e. The van der Waals surface area contributed by atoms with Gasteiger partial charge >= 0.3 is 0 Å². The average molecular weight is 962 g/mol. The maximum absolute atomic E-state index is 7.02. The zero-order valence-electron chi connectivity index (χ0n) is 42.4. The van der Waals surface area contributed by atoms with Crippen LogP contribution in [0.4, 0.5) is 45.5 Å². The lowest BCUT2D eigenvalue weighted by atomic mass is 9.33. The Morgan fingerprint density at radius 1 is 0.521 bits per heavy atom. The molecule has 0 N–H and O–H groups in total. The van der Waals surface area contributed by atoms with Crippen LogP contribution >= 0.6 is 11.3 Å². The maximum atomic E-state index is 7.02. The van der Waals surface area contributed by atoms with Crippen molar-refractivity contribution in [3.63, 3.8) is 0 Å². The third-order valence-electron chi connectivity index (χ3n) is 17.8. The zero-order chi connectivity index (χ0) is 49.1. The van der Waals surface area contributed by atoms with Crippen molar-refractivity contribution in [2.75, 3.05) is 14.7 Å². The molecule has 3 aliphatic heterocycles. The fourth-order valence-corrected chi connectivity index (χ4v) is 15.1. The van der Waals surface area contributed by atoms with Gasteiger partial charge in [0.2, 0.25) is 0 Å². The number of para-hydroxylation sites is 2. The molecule has 354 valence electrons. The molecule has 9 aromatic carbocycles. The molecule has 0 bridgehead atoms. The van der Waals surface area contributed by atoms with Crippen LogP contribution in [-0.2, 0) is 10.8 Å². The van der Waals surface area contributed by atoms with Crippen LogP contribution in [0.25, 0.3) is 53.2 Å². The van der Waals surface area contributed by atoms with E-state index in [4.69, 9.17) is 4.42 Å². The lowest BCUT2D eigenvalue weighted by Gasteiger charge is -2.50. The summed E-state index contributed by atoms with van der Waals surface area (Å²) in [6.45, 7) is 14.4. The molecule has 73 heavy (non-hydrogen) atoms. The van der Waals surface area contributed by atoms with Crippen molar-refractivity contribution in [3.8, 4) is 11.1 Å². The number of aryl methyl sites for hydroxylation is 1. The standard InChI is InChI=1S/C67H56BN3OS/c1-41-35-58-63-59(36-41)70(56-22-16-21-50-47-19-10-12-23-60(47)72-64(50)56)57-39-46(71-54-31-25-43(42-17-8-7-9-18-42)37-51(54)66(5)33-14-15-34-67(66,71)6)28-30-52(57)68(63)53-38-44(65(2,3)4)26-32-55(53)69(58)45-27-29-49-48-20-11-13-24-61(48)73-62(49)40-45/h7-13,16-32,35-40H,14-15,33-34H2,1-6H3. The van der Waals surface area contributed by atoms with Crippen molar-refractivity contribution >= 4 is 122 Å². The van der Waals surface area contributed by atoms with E-state index in [1.165, 1.54) is 117 Å². The van der Waals surface area contributed by atoms with Crippen molar-refractivity contribution in [1.29, 1.82) is 0 Å². The van der Waals surface area contributed by atoms with E-state index in [0.29, 0.717) is 0 Å². The summed E-state index contributed by atoms with van der Waals surface area (Å²) < 4.78 is 9.64. The molecule has 4 nitrogen and oxygen atoms in total. The van der Waals surface area contributed by atoms with Crippen molar-refractivity contribution in [3.05, 3.63) is 199 Å². The van der Waals surface area contributed by atoms with Crippen molar-refractivity contribution in [2.24, 2.45) is 0 Å². The van der Waals surface area contributed by atoms with Gasteiger partial charge in [-0.2, -0.15) is 0 Å². The van der Waals surface area contributed by atoms with Gasteiger partial charge in [-0.1, -0.05) is 150 Å². The quantitative estimate of drug-likeness (QED) is 0.164. The first-order chi connectivity index (χ1) is 35.5. The summed E-state index contributed by atoms with van der Waals surface area (Å²) in [5.74, 6) is 0. The second kappa shape index (κ2) is 15.3. The van der Waals surface area contributed by atoms with Gasteiger partial charge in [0, 0.05) is 76.2 Å². The van der Waals surface area contributed by atoms with Crippen molar-refractivity contribution in [2.45, 2.75) is 83.6 Å². The van der Waals surface area contributed by atoms with Crippen LogP contribution in [0.3, 0.4) is 0 Å². The van der Waals surface area contributed by atoms with E-state index in [9.17, 15) is 0 Å². The Bertz CT molecular complexity index is 4130. The topological polar surface area (TPSA) is 22.9 Å². The van der Waals surface area contributed by atoms with Gasteiger partial charge in [0.1, 0.15) is 5.58 Å². The van der Waals surface area contributed by atoms with E-state index in [1.807, 2.05) is 11.3 Å². The summed E-state index contributed by atoms with van der Waals surface area (Å²) >= 11 is 1.89. The number of hydrogen-bond donors (Lipinski definition) is 0. The fraction of sp³-hybridized carbons (Fsp3) is 0.194. The predicted octanol–water partition coefficient (Wildman–Crippen LogP) is 17.1. The molecular formula is C67H56BN3OS. The second-order valence-corrected chi connectivity index (χ2v) is 23.9. The average Bonchev–Trinajstić information content (AvgIpc) is 4.04. The molecular weight excluding hydrogens is 906 g/mol. The monoisotopic (exact) mass is 961 g/mol. The van der Waals surface area contributed by atoms with Gasteiger partial charge in [0.15, 0.2) is 5.58 Å². The van der Waals surface area contributed by atoms with Crippen LogP contribution in [-0.4, -0.2) is 12.3 Å². The highest BCUT2D eigenvalue weighted by atomic mass is 32.1. The number of anilines is 8. The Labute approximate surface area is 432 Å². The summed E-state index contributed by atoms with van der Waals surface area (Å²) in [5, 5.41) is 4.89. The minimum absolute atomic E-state index is 0.0304. The van der Waals surface area contributed by atoms with E-state index >= 15 is 0 Å². The number of benzene rings is 9. The normalized spacial score (nSPS) is 18.9. The Morgan fingerprint density at radius 2 is 1.25 bits per heavy atom. The Morgan fingerprint density at radius 3 is 2.10 bits per heavy atom. The Balaban J connectivity index is 1.01. The largest absolute Gasteiger partial charge is 0.454 e. The van der Waals surface area contributed by atoms with Crippen LogP contribution in [0, 0.1) is 6.92 Å². The summed E-state index contributed by atoms with van der Waals surface area (Å²) in [4.78, 5) is 7.91. The van der Waals surface area contributed by atoms with Crippen LogP contribution in [0.2, 0.25) is 0 Å². The highest BCUT2D eigenvalue weighted by molar-refractivity contribution is 7.25. The molecule has 15 rings (SSSR count). The Kier molecular flexibility index (Phi) is 9.00. The molecule has 0 radical (unpaired) electrons. The third-order valence-corrected chi connectivity index (χ3v) is 18.9. The molecule has 2 aromatic heterocycles. The van der Waals surface area contributed by atoms with E-state index in [2.05, 4.69) is 238 Å². The van der Waals surface area contributed by atoms with Crippen LogP contribution < -0.4 is 31.1 Å². The lowest BCUT2D eigenvalue weighted by molar-refractivity contribution is 0.195. The minimum Gasteiger partial charge on any atom is -0.454 e. The molecule has 4 aliphatic rings. The first-order valence-corrected chi connectivity index (χ1v) is 27.1. The van der Waals surface area contributed by atoms with Crippen molar-refractivity contribution < 1.29 is 4.42 Å². The summed E-state index contributed by atoms with van der Waals surface area (Å²) in [5.41, 5.74) is 21.8. The number of furan rings is 1. The third kappa shape index (κ3) is 6.02. The molecule has 11 aromatic rings. The van der Waals surface area contributed by atoms with Crippen LogP contribution in [0.5, 0.6) is 0 Å². The lowest BCUT2D eigenvalue weighted by Crippen LogP contribution is -2.61. The highest BCUT2D eigenvalue weighted by Gasteiger charge is 2.58. The zero-order valence-corrected chi connectivity index (χ0v) is 43.2. The SMILES string of the molecule is Cc1cc2c3c(c1)N(c1cccc4c1oc1ccccc14)c1cc(N4c5ccc(-c6ccccc6)cc5C5(C)CCCCC45C)ccc1B3c1cc(C(C)(C)C)ccc1N2c1ccc2c(c1)sc1ccccc12. The van der Waals surface area contributed by atoms with E-state index in [-0.39, 0.29) is 23.1 Å². The molecule has 0 saturated heterocycles. The summed E-state index contributed by atoms with van der Waals surface area (Å²) in [6.07, 6.45) is 4.73. The first-order valence-electron chi connectivity index (χ1n) is 26.3. The minimum atomic E-state index is -0.133. The first kappa shape index (κ1) is 43.1. The molecule has 6 heteroatoms. The highest BCUT2D eigenvalue weighted by Crippen LogP contribution is 2.62. The molecule has 1 aliphatic carbocycles. The number of nitrogens with zero attached hydrogens (tertiary/aromatic N) is 3. The van der Waals surface area contributed by atoms with Gasteiger partial charge in [-0.3, -0.25) is 0 Å². The number of rotatable bonds is 4. The molecule has 1 fully saturated rings. The van der Waals surface area contributed by atoms with E-state index in [0.717, 1.165) is 40.5 Å². The molecule has 0 spiro atoms. The summed E-state index contributed by atoms with van der Waals surface area (Å²) in [6, 6.07) is 69.2. The van der Waals surface area contributed by atoms with Crippen molar-refractivity contribution in [1.82, 2.24) is 0 Å². The maximum Gasteiger partial charge on any atom is 0.252 e. The van der Waals surface area contributed by atoms with Gasteiger partial charge in [-0.25, -0.2) is 0 Å². The van der Waals surface area contributed by atoms with Gasteiger partial charge in [0.25, 0.3) is 6.71 Å². The molecule has 2 atom stereocenters. The molecule has 1 saturated carbocycles. The summed E-state index contributed by atoms with van der Waals surface area (Å²) in [7, 11) is 0. The Hall–Kier alpha value is -7.54. The van der Waals surface area contributed by atoms with Gasteiger partial charge < -0.3 is 19.1 Å². The van der Waals surface area contributed by atoms with Crippen LogP contribution in [0.1, 0.15) is 77.0 Å². The molecule has 2 unspecified atom stereocenters. The van der Waals surface area contributed by atoms with E-state index in [1.54, 1.807) is 0 Å². The van der Waals surface area contributed by atoms with Gasteiger partial charge in [0.05, 0.1) is 11.2 Å². The fourth-order valence-electron chi connectivity index (χ4n) is 14.0. The number of thiophene rings is 1. The molecule has 0 amide bonds. The van der Waals surface area contributed by atoms with Crippen LogP contribution in [0.15, 0.2) is 186 Å². The van der Waals surface area contributed by atoms with E-state index < -0.39 is 0 Å². The number of fused-ring (bicyclic) bond motifs is 13. The predicted molar refractivity (Wildman–Crippen MR) is 312 cm³/mol. The second-order valence-electron chi connectivity index (χ2n) is 22.9. The van der Waals surface area contributed by atoms with Gasteiger partial charge in [-0.05, 0) is 149 Å². The number of hydrogen-bond acceptors (Lipinski definition) is 5. The van der Waals surface area contributed by atoms with Gasteiger partial charge in [-0.15, -0.1) is 11.3 Å².